The van der Waals surface area contributed by atoms with Gasteiger partial charge in [0.15, 0.2) is 0 Å². The van der Waals surface area contributed by atoms with Crippen molar-refractivity contribution in [2.75, 3.05) is 0 Å². The number of hydrogen-bond acceptors (Lipinski definition) is 2. The van der Waals surface area contributed by atoms with Gasteiger partial charge in [-0.1, -0.05) is 32.9 Å². The largest absolute Gasteiger partial charge is 0.252 e. The van der Waals surface area contributed by atoms with E-state index in [4.69, 9.17) is 0 Å². The van der Waals surface area contributed by atoms with E-state index in [1.807, 2.05) is 11.7 Å². The van der Waals surface area contributed by atoms with Crippen LogP contribution in [0.25, 0.3) is 0 Å². The summed E-state index contributed by atoms with van der Waals surface area (Å²) in [5.74, 6) is 1.02. The lowest BCUT2D eigenvalue weighted by Crippen LogP contribution is -2.04. The van der Waals surface area contributed by atoms with Crippen LogP contribution in [0.3, 0.4) is 0 Å². The Morgan fingerprint density at radius 3 is 2.38 bits per heavy atom. The molecule has 1 unspecified atom stereocenters. The fraction of sp³-hybridized carbons (Fsp3) is 0.800. The number of rotatable bonds is 3. The molecule has 0 bridgehead atoms. The van der Waals surface area contributed by atoms with Gasteiger partial charge in [-0.2, -0.15) is 0 Å². The summed E-state index contributed by atoms with van der Waals surface area (Å²) in [7, 11) is 1.97. The smallest absolute Gasteiger partial charge is 0.0889 e. The fourth-order valence-electron chi connectivity index (χ4n) is 1.59. The molecule has 3 nitrogen and oxygen atoms in total. The highest BCUT2D eigenvalue weighted by atomic mass is 15.4. The highest BCUT2D eigenvalue weighted by Crippen LogP contribution is 2.25. The van der Waals surface area contributed by atoms with Crippen LogP contribution < -0.4 is 0 Å². The molecule has 0 saturated heterocycles. The first-order valence-electron chi connectivity index (χ1n) is 4.97. The molecule has 0 spiro atoms. The van der Waals surface area contributed by atoms with Gasteiger partial charge in [-0.05, 0) is 12.3 Å². The third-order valence-corrected chi connectivity index (χ3v) is 2.52. The fourth-order valence-corrected chi connectivity index (χ4v) is 1.59. The Hall–Kier alpha value is -0.860. The first kappa shape index (κ1) is 10.2. The normalized spacial score (nSPS) is 13.7. The van der Waals surface area contributed by atoms with Crippen LogP contribution in [0.2, 0.25) is 0 Å². The molecule has 1 rings (SSSR count). The van der Waals surface area contributed by atoms with E-state index < -0.39 is 0 Å². The number of aryl methyl sites for hydroxylation is 1. The number of hydrogen-bond donors (Lipinski definition) is 0. The molecule has 3 heteroatoms. The van der Waals surface area contributed by atoms with Crippen LogP contribution in [0.1, 0.15) is 57.3 Å². The zero-order valence-electron chi connectivity index (χ0n) is 9.20. The maximum Gasteiger partial charge on any atom is 0.0889 e. The zero-order valence-corrected chi connectivity index (χ0v) is 9.20. The van der Waals surface area contributed by atoms with Crippen LogP contribution in [0, 0.1) is 0 Å². The second kappa shape index (κ2) is 3.90. The van der Waals surface area contributed by atoms with E-state index in [1.165, 1.54) is 11.4 Å². The lowest BCUT2D eigenvalue weighted by molar-refractivity contribution is 0.642. The Labute approximate surface area is 80.1 Å². The molecule has 13 heavy (non-hydrogen) atoms. The van der Waals surface area contributed by atoms with Gasteiger partial charge in [0.05, 0.1) is 11.4 Å². The second-order valence-corrected chi connectivity index (χ2v) is 3.95. The van der Waals surface area contributed by atoms with Gasteiger partial charge in [-0.3, -0.25) is 4.68 Å². The van der Waals surface area contributed by atoms with Crippen molar-refractivity contribution in [1.82, 2.24) is 15.0 Å². The molecular weight excluding hydrogens is 162 g/mol. The Morgan fingerprint density at radius 1 is 1.31 bits per heavy atom. The predicted octanol–water partition coefficient (Wildman–Crippen LogP) is 2.45. The topological polar surface area (TPSA) is 30.7 Å². The summed E-state index contributed by atoms with van der Waals surface area (Å²) in [6, 6.07) is 0. The monoisotopic (exact) mass is 181 g/mol. The molecule has 0 amide bonds. The highest BCUT2D eigenvalue weighted by molar-refractivity contribution is 5.17. The molecule has 0 radical (unpaired) electrons. The summed E-state index contributed by atoms with van der Waals surface area (Å²) in [5, 5.41) is 8.29. The molecule has 0 aliphatic carbocycles. The lowest BCUT2D eigenvalue weighted by atomic mass is 9.98. The van der Waals surface area contributed by atoms with Crippen LogP contribution >= 0.6 is 0 Å². The van der Waals surface area contributed by atoms with E-state index >= 15 is 0 Å². The Morgan fingerprint density at radius 2 is 1.92 bits per heavy atom. The molecule has 74 valence electrons. The predicted molar refractivity (Wildman–Crippen MR) is 53.8 cm³/mol. The Kier molecular flexibility index (Phi) is 3.07. The Balaban J connectivity index is 3.07. The average Bonchev–Trinajstić information content (AvgIpc) is 2.45. The molecule has 1 aromatic rings. The third-order valence-electron chi connectivity index (χ3n) is 2.52. The minimum Gasteiger partial charge on any atom is -0.252 e. The molecule has 0 aliphatic rings. The summed E-state index contributed by atoms with van der Waals surface area (Å²) < 4.78 is 1.90. The van der Waals surface area contributed by atoms with E-state index in [0.29, 0.717) is 11.8 Å². The summed E-state index contributed by atoms with van der Waals surface area (Å²) in [6.07, 6.45) is 1.12. The zero-order chi connectivity index (χ0) is 10.0. The van der Waals surface area contributed by atoms with Crippen molar-refractivity contribution < 1.29 is 0 Å². The SMILES string of the molecule is CCC(C)c1nnn(C)c1C(C)C. The average molecular weight is 181 g/mol. The van der Waals surface area contributed by atoms with Gasteiger partial charge in [0.25, 0.3) is 0 Å². The van der Waals surface area contributed by atoms with Gasteiger partial charge in [0, 0.05) is 13.0 Å². The van der Waals surface area contributed by atoms with Crippen molar-refractivity contribution >= 4 is 0 Å². The molecule has 0 aromatic carbocycles. The van der Waals surface area contributed by atoms with E-state index in [9.17, 15) is 0 Å². The van der Waals surface area contributed by atoms with Crippen molar-refractivity contribution in [3.05, 3.63) is 11.4 Å². The first-order valence-corrected chi connectivity index (χ1v) is 4.97. The minimum atomic E-state index is 0.504. The molecular formula is C10H19N3. The van der Waals surface area contributed by atoms with Crippen molar-refractivity contribution in [3.63, 3.8) is 0 Å². The van der Waals surface area contributed by atoms with Crippen LogP contribution in [-0.4, -0.2) is 15.0 Å². The first-order chi connectivity index (χ1) is 6.07. The van der Waals surface area contributed by atoms with Crippen LogP contribution in [0.15, 0.2) is 0 Å². The Bertz CT molecular complexity index is 276. The lowest BCUT2D eigenvalue weighted by Gasteiger charge is -2.11. The molecule has 0 fully saturated rings. The quantitative estimate of drug-likeness (QED) is 0.717. The van der Waals surface area contributed by atoms with Crippen molar-refractivity contribution in [3.8, 4) is 0 Å². The molecule has 0 saturated carbocycles. The standard InChI is InChI=1S/C10H19N3/c1-6-8(4)9-10(7(2)3)13(5)12-11-9/h7-8H,6H2,1-5H3. The maximum absolute atomic E-state index is 4.22. The molecule has 1 heterocycles. The van der Waals surface area contributed by atoms with Gasteiger partial charge >= 0.3 is 0 Å². The summed E-state index contributed by atoms with van der Waals surface area (Å²) in [5.41, 5.74) is 2.44. The van der Waals surface area contributed by atoms with Crippen LogP contribution in [0.4, 0.5) is 0 Å². The van der Waals surface area contributed by atoms with Gasteiger partial charge in [0.2, 0.25) is 0 Å². The maximum atomic E-state index is 4.22. The molecule has 0 aliphatic heterocycles. The van der Waals surface area contributed by atoms with Gasteiger partial charge < -0.3 is 0 Å². The van der Waals surface area contributed by atoms with E-state index in [2.05, 4.69) is 38.0 Å². The van der Waals surface area contributed by atoms with E-state index in [-0.39, 0.29) is 0 Å². The molecule has 0 N–H and O–H groups in total. The third kappa shape index (κ3) is 1.90. The van der Waals surface area contributed by atoms with Gasteiger partial charge in [0.1, 0.15) is 0 Å². The number of nitrogens with zero attached hydrogens (tertiary/aromatic N) is 3. The summed E-state index contributed by atoms with van der Waals surface area (Å²) >= 11 is 0. The van der Waals surface area contributed by atoms with E-state index in [0.717, 1.165) is 6.42 Å². The number of aromatic nitrogens is 3. The minimum absolute atomic E-state index is 0.504. The summed E-state index contributed by atoms with van der Waals surface area (Å²) in [4.78, 5) is 0. The summed E-state index contributed by atoms with van der Waals surface area (Å²) in [6.45, 7) is 8.76. The van der Waals surface area contributed by atoms with Crippen LogP contribution in [-0.2, 0) is 7.05 Å². The molecule has 1 atom stereocenters. The highest BCUT2D eigenvalue weighted by Gasteiger charge is 2.17. The molecule has 1 aromatic heterocycles. The van der Waals surface area contributed by atoms with Crippen molar-refractivity contribution in [2.24, 2.45) is 7.05 Å². The van der Waals surface area contributed by atoms with Crippen LogP contribution in [0.5, 0.6) is 0 Å². The van der Waals surface area contributed by atoms with Crippen molar-refractivity contribution in [1.29, 1.82) is 0 Å². The van der Waals surface area contributed by atoms with E-state index in [1.54, 1.807) is 0 Å². The van der Waals surface area contributed by atoms with Gasteiger partial charge in [-0.15, -0.1) is 5.10 Å². The second-order valence-electron chi connectivity index (χ2n) is 3.95. The van der Waals surface area contributed by atoms with Gasteiger partial charge in [-0.25, -0.2) is 0 Å². The van der Waals surface area contributed by atoms with Crippen molar-refractivity contribution in [2.45, 2.75) is 46.0 Å².